The molecule has 0 unspecified atom stereocenters. The maximum Gasteiger partial charge on any atom is 0.330 e. The van der Waals surface area contributed by atoms with Gasteiger partial charge in [-0.25, -0.2) is 4.79 Å². The summed E-state index contributed by atoms with van der Waals surface area (Å²) in [5.74, 6) is 0.724. The Labute approximate surface area is 227 Å². The van der Waals surface area contributed by atoms with E-state index in [1.165, 1.54) is 36.8 Å². The van der Waals surface area contributed by atoms with Crippen LogP contribution in [-0.4, -0.2) is 50.2 Å². The van der Waals surface area contributed by atoms with Crippen molar-refractivity contribution >= 4 is 18.1 Å². The molecule has 0 radical (unpaired) electrons. The van der Waals surface area contributed by atoms with Gasteiger partial charge >= 0.3 is 5.97 Å². The van der Waals surface area contributed by atoms with Crippen LogP contribution in [0.3, 0.4) is 0 Å². The summed E-state index contributed by atoms with van der Waals surface area (Å²) >= 11 is 0. The van der Waals surface area contributed by atoms with Gasteiger partial charge in [-0.1, -0.05) is 86.9 Å². The molecule has 38 heavy (non-hydrogen) atoms. The van der Waals surface area contributed by atoms with Crippen molar-refractivity contribution in [3.05, 3.63) is 83.8 Å². The average molecular weight is 523 g/mol. The molecule has 0 saturated heterocycles. The molecule has 1 heterocycles. The number of aromatic nitrogens is 2. The fourth-order valence-electron chi connectivity index (χ4n) is 2.98. The van der Waals surface area contributed by atoms with Gasteiger partial charge in [0.15, 0.2) is 0 Å². The molecule has 0 aliphatic heterocycles. The molecule has 0 fully saturated rings. The molecule has 0 atom stereocenters. The van der Waals surface area contributed by atoms with Crippen molar-refractivity contribution in [1.82, 2.24) is 10.2 Å². The molecule has 1 aromatic heterocycles. The van der Waals surface area contributed by atoms with E-state index in [-0.39, 0.29) is 0 Å². The summed E-state index contributed by atoms with van der Waals surface area (Å²) in [7, 11) is 3.30. The van der Waals surface area contributed by atoms with Gasteiger partial charge in [-0.2, -0.15) is 0 Å². The number of esters is 1. The van der Waals surface area contributed by atoms with E-state index >= 15 is 0 Å². The maximum absolute atomic E-state index is 10.3. The number of ether oxygens (including phenoxy) is 3. The summed E-state index contributed by atoms with van der Waals surface area (Å²) in [4.78, 5) is 10.3. The zero-order valence-electron chi connectivity index (χ0n) is 23.4. The van der Waals surface area contributed by atoms with Crippen LogP contribution >= 0.6 is 0 Å². The monoisotopic (exact) mass is 522 g/mol. The Hall–Kier alpha value is -3.55. The molecular formula is C31H42N2O5. The van der Waals surface area contributed by atoms with Gasteiger partial charge in [0.1, 0.15) is 6.61 Å². The van der Waals surface area contributed by atoms with Crippen LogP contribution in [0.25, 0.3) is 23.6 Å². The van der Waals surface area contributed by atoms with Crippen molar-refractivity contribution in [3.8, 4) is 11.5 Å². The second-order valence-corrected chi connectivity index (χ2v) is 8.41. The summed E-state index contributed by atoms with van der Waals surface area (Å²) in [6.07, 6.45) is 10.5. The zero-order valence-corrected chi connectivity index (χ0v) is 23.4. The topological polar surface area (TPSA) is 83.7 Å². The number of carbonyl (C=O) groups excluding carboxylic acids is 1. The fourth-order valence-corrected chi connectivity index (χ4v) is 2.98. The van der Waals surface area contributed by atoms with Crippen LogP contribution < -0.4 is 0 Å². The van der Waals surface area contributed by atoms with Gasteiger partial charge in [0.2, 0.25) is 11.8 Å². The minimum atomic E-state index is -0.410. The highest BCUT2D eigenvalue weighted by atomic mass is 16.6. The van der Waals surface area contributed by atoms with Gasteiger partial charge in [-0.15, -0.1) is 10.2 Å². The molecular weight excluding hydrogens is 480 g/mol. The number of unbranched alkanes of at least 4 members (excludes halogenated alkanes) is 3. The van der Waals surface area contributed by atoms with Gasteiger partial charge in [-0.05, 0) is 36.6 Å². The van der Waals surface area contributed by atoms with Gasteiger partial charge in [0.05, 0.1) is 6.61 Å². The lowest BCUT2D eigenvalue weighted by Gasteiger charge is -1.98. The molecule has 0 saturated carbocycles. The second kappa shape index (κ2) is 20.5. The van der Waals surface area contributed by atoms with E-state index in [0.29, 0.717) is 25.0 Å². The first-order valence-electron chi connectivity index (χ1n) is 12.9. The number of rotatable bonds is 12. The summed E-state index contributed by atoms with van der Waals surface area (Å²) in [6, 6.07) is 16.5. The molecule has 0 aliphatic carbocycles. The maximum atomic E-state index is 10.3. The second-order valence-electron chi connectivity index (χ2n) is 8.41. The molecule has 0 N–H and O–H groups in total. The molecule has 0 aliphatic rings. The minimum absolute atomic E-state index is 0.293. The van der Waals surface area contributed by atoms with Crippen molar-refractivity contribution < 1.29 is 23.4 Å². The van der Waals surface area contributed by atoms with Crippen LogP contribution in [0.2, 0.25) is 0 Å². The Balaban J connectivity index is 0.000000354. The Morgan fingerprint density at radius 1 is 0.842 bits per heavy atom. The van der Waals surface area contributed by atoms with Gasteiger partial charge < -0.3 is 18.6 Å². The summed E-state index contributed by atoms with van der Waals surface area (Å²) in [6.45, 7) is 11.0. The van der Waals surface area contributed by atoms with Crippen molar-refractivity contribution in [2.24, 2.45) is 0 Å². The molecule has 2 aromatic carbocycles. The third-order valence-corrected chi connectivity index (χ3v) is 5.13. The van der Waals surface area contributed by atoms with Gasteiger partial charge in [0.25, 0.3) is 0 Å². The normalized spacial score (nSPS) is 10.2. The van der Waals surface area contributed by atoms with E-state index in [1.807, 2.05) is 24.3 Å². The van der Waals surface area contributed by atoms with Crippen LogP contribution in [0, 0.1) is 13.8 Å². The van der Waals surface area contributed by atoms with Crippen LogP contribution in [0.5, 0.6) is 0 Å². The smallest absolute Gasteiger partial charge is 0.330 e. The lowest BCUT2D eigenvalue weighted by Crippen LogP contribution is -2.06. The summed E-state index contributed by atoms with van der Waals surface area (Å²) in [5, 5.41) is 7.85. The molecule has 7 nitrogen and oxygen atoms in total. The van der Waals surface area contributed by atoms with Crippen LogP contribution in [0.15, 0.2) is 65.6 Å². The Morgan fingerprint density at radius 3 is 1.95 bits per heavy atom. The Morgan fingerprint density at radius 2 is 1.45 bits per heavy atom. The van der Waals surface area contributed by atoms with Crippen molar-refractivity contribution in [2.75, 3.05) is 34.0 Å². The lowest BCUT2D eigenvalue weighted by molar-refractivity contribution is -0.138. The van der Waals surface area contributed by atoms with Gasteiger partial charge in [-0.3, -0.25) is 0 Å². The molecule has 0 bridgehead atoms. The minimum Gasteiger partial charge on any atom is -0.460 e. The zero-order chi connectivity index (χ0) is 28.0. The largest absolute Gasteiger partial charge is 0.460 e. The van der Waals surface area contributed by atoms with Crippen LogP contribution in [0.1, 0.15) is 55.2 Å². The molecule has 206 valence electrons. The third kappa shape index (κ3) is 14.9. The molecule has 7 heteroatoms. The number of hydrogen-bond acceptors (Lipinski definition) is 7. The lowest BCUT2D eigenvalue weighted by atomic mass is 10.1. The highest BCUT2D eigenvalue weighted by Crippen LogP contribution is 2.19. The highest BCUT2D eigenvalue weighted by Gasteiger charge is 2.04. The fraction of sp³-hybridized carbons (Fsp3) is 0.387. The van der Waals surface area contributed by atoms with E-state index < -0.39 is 5.97 Å². The first-order valence-corrected chi connectivity index (χ1v) is 12.9. The van der Waals surface area contributed by atoms with Crippen molar-refractivity contribution in [2.45, 2.75) is 46.5 Å². The number of methoxy groups -OCH3 is 2. The number of aryl methyl sites for hydroxylation is 2. The molecule has 3 aromatic rings. The number of nitrogens with zero attached hydrogens (tertiary/aromatic N) is 2. The van der Waals surface area contributed by atoms with E-state index in [9.17, 15) is 4.79 Å². The molecule has 3 rings (SSSR count). The SMILES string of the molecule is C=CC(=O)OCCOC.CCCCCCOC.Cc1ccc(/C=C/c2ccc(-c3nnc(C)o3)cc2)cc1. The first-order chi connectivity index (χ1) is 18.4. The number of carbonyl (C=O) groups is 1. The third-order valence-electron chi connectivity index (χ3n) is 5.13. The predicted octanol–water partition coefficient (Wildman–Crippen LogP) is 7.10. The van der Waals surface area contributed by atoms with E-state index in [0.717, 1.165) is 23.8 Å². The van der Waals surface area contributed by atoms with E-state index in [4.69, 9.17) is 9.15 Å². The van der Waals surface area contributed by atoms with E-state index in [1.54, 1.807) is 21.1 Å². The highest BCUT2D eigenvalue weighted by molar-refractivity contribution is 5.81. The van der Waals surface area contributed by atoms with E-state index in [2.05, 4.69) is 76.5 Å². The Kier molecular flexibility index (Phi) is 17.5. The standard InChI is InChI=1S/C18H16N2O.C7H16O.C6H10O3/c1-13-3-5-15(6-4-13)7-8-16-9-11-17(12-10-16)18-20-19-14(2)21-18;1-3-4-5-6-7-8-2;1-3-6(7)9-5-4-8-2/h3-12H,1-2H3;3-7H2,1-2H3;3H,1,4-5H2,2H3/b8-7+;;. The number of benzene rings is 2. The number of hydrogen-bond donors (Lipinski definition) is 0. The van der Waals surface area contributed by atoms with Gasteiger partial charge in [0, 0.05) is 39.4 Å². The predicted molar refractivity (Wildman–Crippen MR) is 154 cm³/mol. The van der Waals surface area contributed by atoms with Crippen LogP contribution in [-0.2, 0) is 19.0 Å². The summed E-state index contributed by atoms with van der Waals surface area (Å²) in [5.41, 5.74) is 4.53. The molecule has 0 amide bonds. The molecule has 0 spiro atoms. The summed E-state index contributed by atoms with van der Waals surface area (Å²) < 4.78 is 19.5. The van der Waals surface area contributed by atoms with Crippen LogP contribution in [0.4, 0.5) is 0 Å². The van der Waals surface area contributed by atoms with Crippen molar-refractivity contribution in [1.29, 1.82) is 0 Å². The average Bonchev–Trinajstić information content (AvgIpc) is 3.38. The first kappa shape index (κ1) is 32.5. The van der Waals surface area contributed by atoms with Crippen molar-refractivity contribution in [3.63, 3.8) is 0 Å². The quantitative estimate of drug-likeness (QED) is 0.109. The Bertz CT molecular complexity index is 1050.